The van der Waals surface area contributed by atoms with Crippen LogP contribution >= 0.6 is 22.7 Å². The van der Waals surface area contributed by atoms with Gasteiger partial charge in [-0.25, -0.2) is 0 Å². The number of thiophene rings is 2. The van der Waals surface area contributed by atoms with Crippen molar-refractivity contribution in [3.05, 3.63) is 88.5 Å². The molecule has 29 heavy (non-hydrogen) atoms. The lowest BCUT2D eigenvalue weighted by Crippen LogP contribution is -1.99. The average Bonchev–Trinajstić information content (AvgIpc) is 3.48. The molecule has 5 aromatic rings. The van der Waals surface area contributed by atoms with Crippen LogP contribution in [0.3, 0.4) is 0 Å². The summed E-state index contributed by atoms with van der Waals surface area (Å²) in [5.74, 6) is 0.467. The molecular formula is C24H12O3S2. The van der Waals surface area contributed by atoms with E-state index in [-0.39, 0.29) is 17.1 Å². The molecule has 0 unspecified atom stereocenters. The number of benzene rings is 2. The molecule has 138 valence electrons. The Morgan fingerprint density at radius 3 is 2.07 bits per heavy atom. The molecule has 0 saturated heterocycles. The van der Waals surface area contributed by atoms with E-state index >= 15 is 0 Å². The van der Waals surface area contributed by atoms with E-state index in [4.69, 9.17) is 4.42 Å². The second-order valence-electron chi connectivity index (χ2n) is 6.93. The number of Topliss-reactive ketones (excluding diaryl/α,β-unsaturated/α-hetero) is 2. The Bertz CT molecular complexity index is 1390. The van der Waals surface area contributed by atoms with Crippen LogP contribution in [0.1, 0.15) is 25.6 Å². The minimum atomic E-state index is -0.191. The maximum absolute atomic E-state index is 12.9. The topological polar surface area (TPSA) is 47.3 Å². The second kappa shape index (κ2) is 6.11. The number of furan rings is 1. The van der Waals surface area contributed by atoms with Crippen molar-refractivity contribution in [1.82, 2.24) is 0 Å². The van der Waals surface area contributed by atoms with E-state index in [9.17, 15) is 9.59 Å². The molecular weight excluding hydrogens is 400 g/mol. The van der Waals surface area contributed by atoms with Crippen LogP contribution in [0.25, 0.3) is 36.9 Å². The molecule has 3 heterocycles. The number of ketones is 2. The summed E-state index contributed by atoms with van der Waals surface area (Å²) in [6, 6.07) is 19.4. The van der Waals surface area contributed by atoms with Crippen molar-refractivity contribution in [3.8, 4) is 10.6 Å². The molecule has 0 aliphatic heterocycles. The third kappa shape index (κ3) is 2.55. The van der Waals surface area contributed by atoms with Gasteiger partial charge in [0.2, 0.25) is 0 Å². The molecule has 3 nitrogen and oxygen atoms in total. The monoisotopic (exact) mass is 412 g/mol. The van der Waals surface area contributed by atoms with Crippen molar-refractivity contribution in [2.75, 3.05) is 0 Å². The minimum absolute atomic E-state index is 0.191. The highest BCUT2D eigenvalue weighted by Gasteiger charge is 2.33. The smallest absolute Gasteiger partial charge is 0.197 e. The zero-order chi connectivity index (χ0) is 19.5. The Kier molecular flexibility index (Phi) is 3.51. The minimum Gasteiger partial charge on any atom is -0.464 e. The van der Waals surface area contributed by atoms with Gasteiger partial charge in [-0.3, -0.25) is 9.59 Å². The molecule has 0 atom stereocenters. The van der Waals surface area contributed by atoms with Gasteiger partial charge in [0.1, 0.15) is 5.76 Å². The standard InChI is InChI=1S/C24H12O3S2/c25-23-16-8-13-4-1-2-5-14(13)9-17(16)24(26)18(23)10-15-11-21-22(28-15)12-20(29-21)19-6-3-7-27-19/h1-12H. The van der Waals surface area contributed by atoms with Crippen LogP contribution in [0.4, 0.5) is 0 Å². The molecule has 0 saturated carbocycles. The van der Waals surface area contributed by atoms with E-state index in [0.717, 1.165) is 35.7 Å². The van der Waals surface area contributed by atoms with Crippen LogP contribution in [-0.4, -0.2) is 11.6 Å². The lowest BCUT2D eigenvalue weighted by atomic mass is 10.0. The highest BCUT2D eigenvalue weighted by Crippen LogP contribution is 2.40. The van der Waals surface area contributed by atoms with Crippen LogP contribution in [0.2, 0.25) is 0 Å². The third-order valence-corrected chi connectivity index (χ3v) is 7.40. The van der Waals surface area contributed by atoms with Crippen molar-refractivity contribution in [1.29, 1.82) is 0 Å². The van der Waals surface area contributed by atoms with Gasteiger partial charge in [-0.05, 0) is 53.2 Å². The first-order valence-corrected chi connectivity index (χ1v) is 10.7. The number of hydrogen-bond acceptors (Lipinski definition) is 5. The van der Waals surface area contributed by atoms with Crippen LogP contribution in [0.15, 0.2) is 76.9 Å². The van der Waals surface area contributed by atoms with E-state index in [1.54, 1.807) is 35.0 Å². The number of fused-ring (bicyclic) bond motifs is 3. The predicted molar refractivity (Wildman–Crippen MR) is 118 cm³/mol. The molecule has 6 rings (SSSR count). The molecule has 5 heteroatoms. The Morgan fingerprint density at radius 1 is 0.759 bits per heavy atom. The molecule has 0 bridgehead atoms. The molecule has 0 N–H and O–H groups in total. The van der Waals surface area contributed by atoms with Gasteiger partial charge in [0.25, 0.3) is 0 Å². The quantitative estimate of drug-likeness (QED) is 0.236. The van der Waals surface area contributed by atoms with E-state index < -0.39 is 0 Å². The lowest BCUT2D eigenvalue weighted by molar-refractivity contribution is 0.0990. The summed E-state index contributed by atoms with van der Waals surface area (Å²) in [6.45, 7) is 0. The average molecular weight is 412 g/mol. The summed E-state index contributed by atoms with van der Waals surface area (Å²) in [4.78, 5) is 27.8. The number of carbonyl (C=O) groups excluding carboxylic acids is 2. The fraction of sp³-hybridized carbons (Fsp3) is 0. The van der Waals surface area contributed by atoms with Gasteiger partial charge in [0.05, 0.1) is 16.7 Å². The highest BCUT2D eigenvalue weighted by molar-refractivity contribution is 7.29. The van der Waals surface area contributed by atoms with E-state index in [0.29, 0.717) is 11.1 Å². The van der Waals surface area contributed by atoms with Crippen LogP contribution in [0, 0.1) is 0 Å². The molecule has 1 aliphatic rings. The summed E-state index contributed by atoms with van der Waals surface area (Å²) in [5, 5.41) is 1.94. The maximum Gasteiger partial charge on any atom is 0.197 e. The molecule has 1 aliphatic carbocycles. The highest BCUT2D eigenvalue weighted by atomic mass is 32.1. The van der Waals surface area contributed by atoms with Gasteiger partial charge in [-0.1, -0.05) is 24.3 Å². The van der Waals surface area contributed by atoms with Crippen molar-refractivity contribution >= 4 is 60.5 Å². The normalized spacial score (nSPS) is 13.6. The Labute approximate surface area is 173 Å². The molecule has 0 amide bonds. The fourth-order valence-corrected chi connectivity index (χ4v) is 6.07. The molecule has 3 aromatic heterocycles. The van der Waals surface area contributed by atoms with Gasteiger partial charge in [-0.15, -0.1) is 22.7 Å². The summed E-state index contributed by atoms with van der Waals surface area (Å²) in [5.41, 5.74) is 1.24. The van der Waals surface area contributed by atoms with Crippen LogP contribution in [-0.2, 0) is 0 Å². The van der Waals surface area contributed by atoms with Gasteiger partial charge in [0, 0.05) is 25.4 Å². The number of rotatable bonds is 2. The zero-order valence-corrected chi connectivity index (χ0v) is 16.6. The largest absolute Gasteiger partial charge is 0.464 e. The summed E-state index contributed by atoms with van der Waals surface area (Å²) in [6.07, 6.45) is 3.40. The zero-order valence-electron chi connectivity index (χ0n) is 15.0. The summed E-state index contributed by atoms with van der Waals surface area (Å²) >= 11 is 3.22. The Hall–Kier alpha value is -3.28. The first kappa shape index (κ1) is 16.7. The first-order valence-electron chi connectivity index (χ1n) is 9.08. The lowest BCUT2D eigenvalue weighted by Gasteiger charge is -2.00. The van der Waals surface area contributed by atoms with Gasteiger partial charge in [-0.2, -0.15) is 0 Å². The third-order valence-electron chi connectivity index (χ3n) is 5.14. The number of carbonyl (C=O) groups is 2. The van der Waals surface area contributed by atoms with E-state index in [1.165, 1.54) is 0 Å². The molecule has 0 radical (unpaired) electrons. The van der Waals surface area contributed by atoms with Gasteiger partial charge < -0.3 is 4.42 Å². The molecule has 0 spiro atoms. The van der Waals surface area contributed by atoms with Crippen molar-refractivity contribution in [2.24, 2.45) is 0 Å². The summed E-state index contributed by atoms with van der Waals surface area (Å²) < 4.78 is 7.71. The predicted octanol–water partition coefficient (Wildman–Crippen LogP) is 6.84. The van der Waals surface area contributed by atoms with Gasteiger partial charge in [0.15, 0.2) is 11.6 Å². The Morgan fingerprint density at radius 2 is 1.45 bits per heavy atom. The van der Waals surface area contributed by atoms with Crippen LogP contribution < -0.4 is 0 Å². The van der Waals surface area contributed by atoms with E-state index in [1.807, 2.05) is 54.6 Å². The first-order chi connectivity index (χ1) is 14.2. The molecule has 2 aromatic carbocycles. The Balaban J connectivity index is 1.41. The summed E-state index contributed by atoms with van der Waals surface area (Å²) in [7, 11) is 0. The fourth-order valence-electron chi connectivity index (χ4n) is 3.75. The van der Waals surface area contributed by atoms with Crippen molar-refractivity contribution in [3.63, 3.8) is 0 Å². The number of hydrogen-bond donors (Lipinski definition) is 0. The maximum atomic E-state index is 12.9. The van der Waals surface area contributed by atoms with Crippen LogP contribution in [0.5, 0.6) is 0 Å². The van der Waals surface area contributed by atoms with Crippen molar-refractivity contribution < 1.29 is 14.0 Å². The van der Waals surface area contributed by atoms with Crippen molar-refractivity contribution in [2.45, 2.75) is 0 Å². The molecule has 0 fully saturated rings. The van der Waals surface area contributed by atoms with E-state index in [2.05, 4.69) is 6.07 Å². The van der Waals surface area contributed by atoms with Gasteiger partial charge >= 0.3 is 0 Å². The second-order valence-corrected chi connectivity index (χ2v) is 9.13. The number of allylic oxidation sites excluding steroid dienone is 1. The SMILES string of the molecule is O=C1C(=Cc2cc3sc(-c4ccco4)cc3s2)C(=O)c2cc3ccccc3cc21.